The molecule has 2 amide bonds. The van der Waals surface area contributed by atoms with E-state index in [2.05, 4.69) is 22.9 Å². The highest BCUT2D eigenvalue weighted by Crippen LogP contribution is 2.24. The van der Waals surface area contributed by atoms with Gasteiger partial charge in [0.2, 0.25) is 10.0 Å². The van der Waals surface area contributed by atoms with Gasteiger partial charge >= 0.3 is 0 Å². The molecule has 1 fully saturated rings. The van der Waals surface area contributed by atoms with Crippen molar-refractivity contribution in [2.24, 2.45) is 0 Å². The van der Waals surface area contributed by atoms with E-state index in [9.17, 15) is 22.8 Å². The zero-order valence-corrected chi connectivity index (χ0v) is 20.2. The van der Waals surface area contributed by atoms with E-state index in [1.54, 1.807) is 36.4 Å². The van der Waals surface area contributed by atoms with Crippen LogP contribution in [0.1, 0.15) is 53.5 Å². The van der Waals surface area contributed by atoms with Crippen LogP contribution in [0, 0.1) is 0 Å². The SMILES string of the molecule is CCCCCn1nc(C(=O)NNC(=O)c2cccc(N3CCCS3(=O)=O)c2)c2ccccc2c1=O. The normalized spacial score (nSPS) is 14.7. The quantitative estimate of drug-likeness (QED) is 0.380. The van der Waals surface area contributed by atoms with Crippen LogP contribution in [0.15, 0.2) is 53.3 Å². The molecule has 1 aromatic heterocycles. The Hall–Kier alpha value is -3.73. The number of anilines is 1. The summed E-state index contributed by atoms with van der Waals surface area (Å²) in [5, 5.41) is 5.03. The number of nitrogens with zero attached hydrogens (tertiary/aromatic N) is 3. The van der Waals surface area contributed by atoms with Gasteiger partial charge in [0, 0.05) is 24.0 Å². The summed E-state index contributed by atoms with van der Waals surface area (Å²) in [6, 6.07) is 12.9. The number of aromatic nitrogens is 2. The average molecular weight is 498 g/mol. The van der Waals surface area contributed by atoms with Crippen molar-refractivity contribution in [2.45, 2.75) is 39.2 Å². The third-order valence-corrected chi connectivity index (χ3v) is 7.71. The van der Waals surface area contributed by atoms with Crippen LogP contribution in [0.4, 0.5) is 5.69 Å². The molecule has 11 heteroatoms. The number of carbonyl (C=O) groups is 2. The Morgan fingerprint density at radius 3 is 2.46 bits per heavy atom. The van der Waals surface area contributed by atoms with Crippen LogP contribution >= 0.6 is 0 Å². The fourth-order valence-corrected chi connectivity index (χ4v) is 5.60. The summed E-state index contributed by atoms with van der Waals surface area (Å²) in [4.78, 5) is 38.4. The third-order valence-electron chi connectivity index (χ3n) is 5.84. The molecule has 1 saturated heterocycles. The Morgan fingerprint density at radius 1 is 1.00 bits per heavy atom. The Labute approximate surface area is 203 Å². The molecule has 0 atom stereocenters. The van der Waals surface area contributed by atoms with Crippen LogP contribution in [-0.2, 0) is 16.6 Å². The van der Waals surface area contributed by atoms with Crippen LogP contribution in [0.3, 0.4) is 0 Å². The van der Waals surface area contributed by atoms with Gasteiger partial charge in [0.05, 0.1) is 16.8 Å². The lowest BCUT2D eigenvalue weighted by Crippen LogP contribution is -2.43. The molecule has 2 N–H and O–H groups in total. The number of hydrogen-bond donors (Lipinski definition) is 2. The van der Waals surface area contributed by atoms with E-state index < -0.39 is 21.8 Å². The van der Waals surface area contributed by atoms with Crippen molar-refractivity contribution >= 4 is 38.3 Å². The van der Waals surface area contributed by atoms with E-state index in [1.165, 1.54) is 21.1 Å². The fraction of sp³-hybridized carbons (Fsp3) is 0.333. The number of amides is 2. The lowest BCUT2D eigenvalue weighted by atomic mass is 10.1. The van der Waals surface area contributed by atoms with Gasteiger partial charge in [-0.15, -0.1) is 0 Å². The summed E-state index contributed by atoms with van der Waals surface area (Å²) >= 11 is 0. The first kappa shape index (κ1) is 24.4. The minimum Gasteiger partial charge on any atom is -0.270 e. The van der Waals surface area contributed by atoms with Gasteiger partial charge in [-0.25, -0.2) is 13.1 Å². The maximum Gasteiger partial charge on any atom is 0.290 e. The molecule has 184 valence electrons. The molecule has 0 bridgehead atoms. The highest BCUT2D eigenvalue weighted by molar-refractivity contribution is 7.93. The molecule has 2 heterocycles. The van der Waals surface area contributed by atoms with Gasteiger partial charge in [-0.05, 0) is 37.1 Å². The number of fused-ring (bicyclic) bond motifs is 1. The second kappa shape index (κ2) is 10.3. The van der Waals surface area contributed by atoms with Gasteiger partial charge in [-0.1, -0.05) is 44.0 Å². The Morgan fingerprint density at radius 2 is 1.74 bits per heavy atom. The minimum atomic E-state index is -3.39. The fourth-order valence-electron chi connectivity index (χ4n) is 4.04. The summed E-state index contributed by atoms with van der Waals surface area (Å²) < 4.78 is 27.0. The Balaban J connectivity index is 1.53. The van der Waals surface area contributed by atoms with Crippen molar-refractivity contribution < 1.29 is 18.0 Å². The van der Waals surface area contributed by atoms with E-state index in [-0.39, 0.29) is 22.6 Å². The molecular formula is C24H27N5O5S. The first-order valence-electron chi connectivity index (χ1n) is 11.5. The number of sulfonamides is 1. The molecule has 10 nitrogen and oxygen atoms in total. The van der Waals surface area contributed by atoms with Gasteiger partial charge in [-0.2, -0.15) is 5.10 Å². The highest BCUT2D eigenvalue weighted by atomic mass is 32.2. The molecule has 0 spiro atoms. The van der Waals surface area contributed by atoms with Gasteiger partial charge in [-0.3, -0.25) is 29.5 Å². The van der Waals surface area contributed by atoms with E-state index in [4.69, 9.17) is 0 Å². The molecule has 4 rings (SSSR count). The Kier molecular flexibility index (Phi) is 7.15. The van der Waals surface area contributed by atoms with Gasteiger partial charge < -0.3 is 0 Å². The monoisotopic (exact) mass is 497 g/mol. The van der Waals surface area contributed by atoms with Gasteiger partial charge in [0.15, 0.2) is 5.69 Å². The van der Waals surface area contributed by atoms with E-state index >= 15 is 0 Å². The highest BCUT2D eigenvalue weighted by Gasteiger charge is 2.28. The molecule has 2 aromatic carbocycles. The lowest BCUT2D eigenvalue weighted by Gasteiger charge is -2.17. The molecule has 0 aliphatic carbocycles. The number of carbonyl (C=O) groups excluding carboxylic acids is 2. The zero-order valence-electron chi connectivity index (χ0n) is 19.4. The van der Waals surface area contributed by atoms with E-state index in [1.807, 2.05) is 0 Å². The summed E-state index contributed by atoms with van der Waals surface area (Å²) in [6.07, 6.45) is 3.18. The van der Waals surface area contributed by atoms with Crippen molar-refractivity contribution in [3.05, 3.63) is 70.1 Å². The van der Waals surface area contributed by atoms with Crippen LogP contribution < -0.4 is 20.7 Å². The first-order chi connectivity index (χ1) is 16.8. The van der Waals surface area contributed by atoms with Gasteiger partial charge in [0.25, 0.3) is 17.4 Å². The minimum absolute atomic E-state index is 0.0221. The molecule has 1 aliphatic heterocycles. The van der Waals surface area contributed by atoms with Crippen LogP contribution in [-0.4, -0.2) is 42.3 Å². The first-order valence-corrected chi connectivity index (χ1v) is 13.1. The number of nitrogens with one attached hydrogen (secondary N) is 2. The number of rotatable bonds is 7. The predicted molar refractivity (Wildman–Crippen MR) is 133 cm³/mol. The Bertz CT molecular complexity index is 1430. The van der Waals surface area contributed by atoms with Crippen molar-refractivity contribution in [3.8, 4) is 0 Å². The number of aryl methyl sites for hydroxylation is 1. The van der Waals surface area contributed by atoms with Crippen LogP contribution in [0.5, 0.6) is 0 Å². The summed E-state index contributed by atoms with van der Waals surface area (Å²) in [5.41, 5.74) is 5.05. The van der Waals surface area contributed by atoms with E-state index in [0.717, 1.165) is 19.3 Å². The molecule has 0 saturated carbocycles. The summed E-state index contributed by atoms with van der Waals surface area (Å²) in [6.45, 7) is 2.80. The smallest absolute Gasteiger partial charge is 0.270 e. The number of unbranched alkanes of at least 4 members (excludes halogenated alkanes) is 2. The van der Waals surface area contributed by atoms with Crippen molar-refractivity contribution in [1.29, 1.82) is 0 Å². The molecular weight excluding hydrogens is 470 g/mol. The molecule has 35 heavy (non-hydrogen) atoms. The predicted octanol–water partition coefficient (Wildman–Crippen LogP) is 2.20. The standard InChI is InChI=1S/C24H27N5O5S/c1-2-3-6-13-28-24(32)20-12-5-4-11-19(20)21(27-28)23(31)26-25-22(30)17-9-7-10-18(16-17)29-14-8-15-35(29,33)34/h4-5,7,9-12,16H,2-3,6,8,13-15H2,1H3,(H,25,30)(H,26,31). The van der Waals surface area contributed by atoms with Crippen molar-refractivity contribution in [1.82, 2.24) is 20.6 Å². The van der Waals surface area contributed by atoms with Crippen molar-refractivity contribution in [2.75, 3.05) is 16.6 Å². The maximum absolute atomic E-state index is 13.0. The topological polar surface area (TPSA) is 130 Å². The second-order valence-corrected chi connectivity index (χ2v) is 10.3. The summed E-state index contributed by atoms with van der Waals surface area (Å²) in [7, 11) is -3.39. The molecule has 0 unspecified atom stereocenters. The molecule has 0 radical (unpaired) electrons. The van der Waals surface area contributed by atoms with E-state index in [0.29, 0.717) is 36.0 Å². The number of benzene rings is 2. The number of hydrazine groups is 1. The average Bonchev–Trinajstić information content (AvgIpc) is 3.22. The zero-order chi connectivity index (χ0) is 25.0. The van der Waals surface area contributed by atoms with Crippen LogP contribution in [0.25, 0.3) is 10.8 Å². The lowest BCUT2D eigenvalue weighted by molar-refractivity contribution is 0.0843. The van der Waals surface area contributed by atoms with Gasteiger partial charge in [0.1, 0.15) is 0 Å². The third kappa shape index (κ3) is 5.19. The molecule has 1 aliphatic rings. The second-order valence-electron chi connectivity index (χ2n) is 8.33. The largest absolute Gasteiger partial charge is 0.290 e. The molecule has 3 aromatic rings. The maximum atomic E-state index is 13.0. The van der Waals surface area contributed by atoms with Crippen LogP contribution in [0.2, 0.25) is 0 Å². The summed E-state index contributed by atoms with van der Waals surface area (Å²) in [5.74, 6) is -1.21. The van der Waals surface area contributed by atoms with Crippen molar-refractivity contribution in [3.63, 3.8) is 0 Å². The number of hydrogen-bond acceptors (Lipinski definition) is 6.